The zero-order valence-electron chi connectivity index (χ0n) is 12.2. The average Bonchev–Trinajstić information content (AvgIpc) is 2.55. The Bertz CT molecular complexity index is 671. The third kappa shape index (κ3) is 5.71. The van der Waals surface area contributed by atoms with Crippen LogP contribution >= 0.6 is 11.6 Å². The first-order chi connectivity index (χ1) is 11.0. The van der Waals surface area contributed by atoms with Gasteiger partial charge in [0.25, 0.3) is 5.91 Å². The number of hydrogen-bond donors (Lipinski definition) is 1. The van der Waals surface area contributed by atoms with E-state index in [1.54, 1.807) is 24.3 Å². The van der Waals surface area contributed by atoms with E-state index in [1.165, 1.54) is 24.3 Å². The molecule has 1 amide bonds. The quantitative estimate of drug-likeness (QED) is 0.826. The van der Waals surface area contributed by atoms with Gasteiger partial charge < -0.3 is 10.1 Å². The van der Waals surface area contributed by atoms with Crippen molar-refractivity contribution in [3.8, 4) is 0 Å². The van der Waals surface area contributed by atoms with Crippen molar-refractivity contribution in [1.82, 2.24) is 5.32 Å². The Morgan fingerprint density at radius 3 is 2.35 bits per heavy atom. The molecule has 0 aliphatic carbocycles. The highest BCUT2D eigenvalue weighted by molar-refractivity contribution is 6.30. The fourth-order valence-electron chi connectivity index (χ4n) is 1.85. The smallest absolute Gasteiger partial charge is 0.338 e. The van der Waals surface area contributed by atoms with Gasteiger partial charge in [-0.25, -0.2) is 9.18 Å². The maximum atomic E-state index is 12.7. The minimum Gasteiger partial charge on any atom is -0.452 e. The molecular weight excluding hydrogens is 321 g/mol. The van der Waals surface area contributed by atoms with Crippen LogP contribution in [0.3, 0.4) is 0 Å². The number of carbonyl (C=O) groups is 2. The van der Waals surface area contributed by atoms with Crippen molar-refractivity contribution in [1.29, 1.82) is 0 Å². The fraction of sp³-hybridized carbons (Fsp3) is 0.176. The van der Waals surface area contributed by atoms with Crippen molar-refractivity contribution in [3.05, 3.63) is 70.5 Å². The van der Waals surface area contributed by atoms with Crippen LogP contribution in [-0.2, 0) is 16.0 Å². The second-order valence-corrected chi connectivity index (χ2v) is 5.25. The monoisotopic (exact) mass is 335 g/mol. The highest BCUT2D eigenvalue weighted by Crippen LogP contribution is 2.10. The van der Waals surface area contributed by atoms with Gasteiger partial charge in [-0.2, -0.15) is 0 Å². The van der Waals surface area contributed by atoms with Gasteiger partial charge in [-0.1, -0.05) is 23.7 Å². The Balaban J connectivity index is 1.69. The molecule has 0 saturated heterocycles. The first-order valence-electron chi connectivity index (χ1n) is 6.98. The summed E-state index contributed by atoms with van der Waals surface area (Å²) in [6.07, 6.45) is 0.567. The van der Waals surface area contributed by atoms with E-state index in [4.69, 9.17) is 16.3 Å². The van der Waals surface area contributed by atoms with Gasteiger partial charge in [-0.05, 0) is 48.4 Å². The van der Waals surface area contributed by atoms with Crippen LogP contribution in [0.25, 0.3) is 0 Å². The molecule has 120 valence electrons. The van der Waals surface area contributed by atoms with Gasteiger partial charge >= 0.3 is 5.97 Å². The molecule has 2 rings (SSSR count). The summed E-state index contributed by atoms with van der Waals surface area (Å²) in [6.45, 7) is 0.0217. The topological polar surface area (TPSA) is 55.4 Å². The summed E-state index contributed by atoms with van der Waals surface area (Å²) in [4.78, 5) is 23.3. The Morgan fingerprint density at radius 2 is 1.70 bits per heavy atom. The molecule has 0 aromatic heterocycles. The first kappa shape index (κ1) is 17.0. The zero-order valence-corrected chi connectivity index (χ0v) is 13.0. The van der Waals surface area contributed by atoms with Crippen molar-refractivity contribution in [2.45, 2.75) is 6.42 Å². The number of hydrogen-bond acceptors (Lipinski definition) is 3. The van der Waals surface area contributed by atoms with Crippen molar-refractivity contribution in [2.24, 2.45) is 0 Å². The molecule has 1 N–H and O–H groups in total. The number of ether oxygens (including phenoxy) is 1. The molecule has 0 radical (unpaired) electrons. The number of benzene rings is 2. The lowest BCUT2D eigenvalue weighted by Crippen LogP contribution is -2.30. The largest absolute Gasteiger partial charge is 0.452 e. The number of carbonyl (C=O) groups excluding carboxylic acids is 2. The van der Waals surface area contributed by atoms with E-state index in [9.17, 15) is 14.0 Å². The maximum absolute atomic E-state index is 12.7. The number of amides is 1. The summed E-state index contributed by atoms with van der Waals surface area (Å²) in [7, 11) is 0. The summed E-state index contributed by atoms with van der Waals surface area (Å²) in [5, 5.41) is 3.14. The normalized spacial score (nSPS) is 10.2. The fourth-order valence-corrected chi connectivity index (χ4v) is 1.97. The number of nitrogens with one attached hydrogen (secondary N) is 1. The van der Waals surface area contributed by atoms with E-state index in [0.29, 0.717) is 23.6 Å². The van der Waals surface area contributed by atoms with Crippen LogP contribution in [0.5, 0.6) is 0 Å². The highest BCUT2D eigenvalue weighted by Gasteiger charge is 2.09. The Labute approximate surface area is 138 Å². The standard InChI is InChI=1S/C17H15ClFNO3/c18-14-5-3-13(4-6-14)17(22)23-11-16(21)20-10-9-12-1-7-15(19)8-2-12/h1-8H,9-11H2,(H,20,21). The van der Waals surface area contributed by atoms with E-state index >= 15 is 0 Å². The third-order valence-corrected chi connectivity index (χ3v) is 3.32. The highest BCUT2D eigenvalue weighted by atomic mass is 35.5. The molecule has 2 aromatic carbocycles. The predicted molar refractivity (Wildman–Crippen MR) is 84.8 cm³/mol. The summed E-state index contributed by atoms with van der Waals surface area (Å²) < 4.78 is 17.7. The lowest BCUT2D eigenvalue weighted by Gasteiger charge is -2.07. The van der Waals surface area contributed by atoms with Crippen LogP contribution in [0.1, 0.15) is 15.9 Å². The molecule has 0 aliphatic heterocycles. The van der Waals surface area contributed by atoms with Gasteiger partial charge in [0, 0.05) is 11.6 Å². The molecule has 4 nitrogen and oxygen atoms in total. The lowest BCUT2D eigenvalue weighted by atomic mass is 10.1. The first-order valence-corrected chi connectivity index (χ1v) is 7.36. The van der Waals surface area contributed by atoms with E-state index < -0.39 is 11.9 Å². The summed E-state index contributed by atoms with van der Waals surface area (Å²) in [5.74, 6) is -1.28. The van der Waals surface area contributed by atoms with Crippen LogP contribution in [0, 0.1) is 5.82 Å². The molecule has 2 aromatic rings. The van der Waals surface area contributed by atoms with Crippen molar-refractivity contribution in [3.63, 3.8) is 0 Å². The van der Waals surface area contributed by atoms with Gasteiger partial charge in [0.2, 0.25) is 0 Å². The SMILES string of the molecule is O=C(COC(=O)c1ccc(Cl)cc1)NCCc1ccc(F)cc1. The van der Waals surface area contributed by atoms with Crippen molar-refractivity contribution in [2.75, 3.05) is 13.2 Å². The van der Waals surface area contributed by atoms with Crippen molar-refractivity contribution >= 4 is 23.5 Å². The number of esters is 1. The Morgan fingerprint density at radius 1 is 1.04 bits per heavy atom. The molecule has 0 atom stereocenters. The summed E-state index contributed by atoms with van der Waals surface area (Å²) in [6, 6.07) is 12.2. The zero-order chi connectivity index (χ0) is 16.7. The second-order valence-electron chi connectivity index (χ2n) is 4.81. The molecule has 0 aliphatic rings. The average molecular weight is 336 g/mol. The van der Waals surface area contributed by atoms with Crippen LogP contribution in [0.2, 0.25) is 5.02 Å². The van der Waals surface area contributed by atoms with Crippen LogP contribution < -0.4 is 5.32 Å². The molecular formula is C17H15ClFNO3. The molecule has 23 heavy (non-hydrogen) atoms. The number of rotatable bonds is 6. The Kier molecular flexibility index (Phi) is 6.11. The molecule has 0 spiro atoms. The van der Waals surface area contributed by atoms with Crippen LogP contribution in [-0.4, -0.2) is 25.0 Å². The van der Waals surface area contributed by atoms with Gasteiger partial charge in [0.05, 0.1) is 5.56 Å². The van der Waals surface area contributed by atoms with Crippen molar-refractivity contribution < 1.29 is 18.7 Å². The summed E-state index contributed by atoms with van der Waals surface area (Å²) >= 11 is 5.72. The molecule has 0 saturated carbocycles. The molecule has 0 unspecified atom stereocenters. The van der Waals surface area contributed by atoms with E-state index in [0.717, 1.165) is 5.56 Å². The van der Waals surface area contributed by atoms with Gasteiger partial charge in [0.15, 0.2) is 6.61 Å². The van der Waals surface area contributed by atoms with Gasteiger partial charge in [-0.3, -0.25) is 4.79 Å². The van der Waals surface area contributed by atoms with E-state index in [-0.39, 0.29) is 12.4 Å². The minimum atomic E-state index is -0.588. The second kappa shape index (κ2) is 8.29. The third-order valence-electron chi connectivity index (χ3n) is 3.06. The lowest BCUT2D eigenvalue weighted by molar-refractivity contribution is -0.124. The van der Waals surface area contributed by atoms with E-state index in [1.807, 2.05) is 0 Å². The van der Waals surface area contributed by atoms with E-state index in [2.05, 4.69) is 5.32 Å². The molecule has 6 heteroatoms. The predicted octanol–water partition coefficient (Wildman–Crippen LogP) is 2.99. The number of halogens is 2. The maximum Gasteiger partial charge on any atom is 0.338 e. The summed E-state index contributed by atoms with van der Waals surface area (Å²) in [5.41, 5.74) is 1.23. The molecule has 0 bridgehead atoms. The minimum absolute atomic E-state index is 0.299. The Hall–Kier alpha value is -2.40. The van der Waals surface area contributed by atoms with Crippen LogP contribution in [0.4, 0.5) is 4.39 Å². The molecule has 0 heterocycles. The molecule has 0 fully saturated rings. The van der Waals surface area contributed by atoms with Gasteiger partial charge in [-0.15, -0.1) is 0 Å². The van der Waals surface area contributed by atoms with Gasteiger partial charge in [0.1, 0.15) is 5.82 Å². The van der Waals surface area contributed by atoms with Crippen LogP contribution in [0.15, 0.2) is 48.5 Å².